The van der Waals surface area contributed by atoms with Crippen molar-refractivity contribution in [3.8, 4) is 5.75 Å². The monoisotopic (exact) mass is 192 g/mol. The number of carboxylic acids is 1. The van der Waals surface area contributed by atoms with Crippen LogP contribution in [-0.2, 0) is 4.79 Å². The number of rotatable bonds is 3. The van der Waals surface area contributed by atoms with Crippen molar-refractivity contribution in [2.75, 3.05) is 0 Å². The number of allylic oxidation sites excluding steroid dienone is 1. The summed E-state index contributed by atoms with van der Waals surface area (Å²) in [5.41, 5.74) is 0.910. The first-order valence-corrected chi connectivity index (χ1v) is 4.28. The lowest BCUT2D eigenvalue weighted by atomic mass is 10.2. The fourth-order valence-corrected chi connectivity index (χ4v) is 1.02. The normalized spacial score (nSPS) is 11.1. The van der Waals surface area contributed by atoms with Gasteiger partial charge in [0, 0.05) is 0 Å². The van der Waals surface area contributed by atoms with E-state index < -0.39 is 5.97 Å². The van der Waals surface area contributed by atoms with Crippen LogP contribution in [0.1, 0.15) is 12.5 Å². The van der Waals surface area contributed by atoms with Gasteiger partial charge < -0.3 is 9.84 Å². The van der Waals surface area contributed by atoms with Gasteiger partial charge in [0.25, 0.3) is 0 Å². The zero-order valence-corrected chi connectivity index (χ0v) is 8.15. The van der Waals surface area contributed by atoms with E-state index in [4.69, 9.17) is 9.84 Å². The van der Waals surface area contributed by atoms with Crippen molar-refractivity contribution in [1.29, 1.82) is 0 Å². The van der Waals surface area contributed by atoms with Crippen LogP contribution >= 0.6 is 0 Å². The zero-order chi connectivity index (χ0) is 10.6. The Morgan fingerprint density at radius 1 is 1.43 bits per heavy atom. The Balaban J connectivity index is 2.88. The lowest BCUT2D eigenvalue weighted by molar-refractivity contribution is -0.135. The summed E-state index contributed by atoms with van der Waals surface area (Å²) in [5, 5.41) is 8.73. The fourth-order valence-electron chi connectivity index (χ4n) is 1.02. The molecule has 1 N–H and O–H groups in total. The number of aliphatic carboxylic acids is 1. The average molecular weight is 192 g/mol. The Bertz CT molecular complexity index is 367. The Hall–Kier alpha value is -1.77. The van der Waals surface area contributed by atoms with E-state index in [9.17, 15) is 4.79 Å². The van der Waals surface area contributed by atoms with E-state index in [2.05, 4.69) is 0 Å². The van der Waals surface area contributed by atoms with Crippen LogP contribution < -0.4 is 4.74 Å². The first kappa shape index (κ1) is 10.3. The molecule has 1 aromatic carbocycles. The van der Waals surface area contributed by atoms with E-state index in [1.807, 2.05) is 19.1 Å². The Kier molecular flexibility index (Phi) is 3.29. The van der Waals surface area contributed by atoms with Crippen molar-refractivity contribution in [2.45, 2.75) is 13.8 Å². The predicted octanol–water partition coefficient (Wildman–Crippen LogP) is 2.36. The molecule has 0 saturated carbocycles. The van der Waals surface area contributed by atoms with Gasteiger partial charge in [-0.3, -0.25) is 0 Å². The highest BCUT2D eigenvalue weighted by Gasteiger charge is 2.09. The number of hydrogen-bond donors (Lipinski definition) is 1. The third-order valence-electron chi connectivity index (χ3n) is 1.79. The smallest absolute Gasteiger partial charge is 0.371 e. The second-order valence-electron chi connectivity index (χ2n) is 2.83. The molecule has 0 atom stereocenters. The number of para-hydroxylation sites is 1. The summed E-state index contributed by atoms with van der Waals surface area (Å²) in [4.78, 5) is 10.7. The second kappa shape index (κ2) is 4.46. The topological polar surface area (TPSA) is 46.5 Å². The van der Waals surface area contributed by atoms with Crippen LogP contribution in [-0.4, -0.2) is 11.1 Å². The molecule has 3 nitrogen and oxygen atoms in total. The lowest BCUT2D eigenvalue weighted by Gasteiger charge is -2.07. The lowest BCUT2D eigenvalue weighted by Crippen LogP contribution is -2.07. The van der Waals surface area contributed by atoms with E-state index in [-0.39, 0.29) is 5.76 Å². The highest BCUT2D eigenvalue weighted by atomic mass is 16.5. The summed E-state index contributed by atoms with van der Waals surface area (Å²) in [6.45, 7) is 3.49. The molecule has 0 amide bonds. The minimum atomic E-state index is -1.06. The Morgan fingerprint density at radius 2 is 2.07 bits per heavy atom. The molecule has 14 heavy (non-hydrogen) atoms. The first-order valence-electron chi connectivity index (χ1n) is 4.28. The molecule has 0 aliphatic carbocycles. The SMILES string of the molecule is C/C=C(\Oc1ccccc1C)C(=O)O. The van der Waals surface area contributed by atoms with E-state index >= 15 is 0 Å². The summed E-state index contributed by atoms with van der Waals surface area (Å²) < 4.78 is 5.22. The molecule has 0 spiro atoms. The van der Waals surface area contributed by atoms with Crippen molar-refractivity contribution in [3.05, 3.63) is 41.7 Å². The number of ether oxygens (including phenoxy) is 1. The van der Waals surface area contributed by atoms with Gasteiger partial charge in [-0.1, -0.05) is 18.2 Å². The number of benzene rings is 1. The Morgan fingerprint density at radius 3 is 2.57 bits per heavy atom. The van der Waals surface area contributed by atoms with E-state index in [0.717, 1.165) is 5.56 Å². The predicted molar refractivity (Wildman–Crippen MR) is 53.2 cm³/mol. The summed E-state index contributed by atoms with van der Waals surface area (Å²) in [7, 11) is 0. The molecule has 0 bridgehead atoms. The van der Waals surface area contributed by atoms with Gasteiger partial charge in [0.2, 0.25) is 5.76 Å². The largest absolute Gasteiger partial charge is 0.475 e. The molecular weight excluding hydrogens is 180 g/mol. The van der Waals surface area contributed by atoms with Gasteiger partial charge in [-0.15, -0.1) is 0 Å². The summed E-state index contributed by atoms with van der Waals surface area (Å²) in [5.74, 6) is -0.543. The standard InChI is InChI=1S/C11H12O3/c1-3-9(11(12)13)14-10-7-5-4-6-8(10)2/h3-7H,1-2H3,(H,12,13)/b9-3-. The number of aryl methyl sites for hydroxylation is 1. The maximum Gasteiger partial charge on any atom is 0.371 e. The molecule has 0 fully saturated rings. The zero-order valence-electron chi connectivity index (χ0n) is 8.15. The van der Waals surface area contributed by atoms with E-state index in [0.29, 0.717) is 5.75 Å². The van der Waals surface area contributed by atoms with Crippen LogP contribution in [0, 0.1) is 6.92 Å². The molecule has 1 aromatic rings. The molecule has 0 radical (unpaired) electrons. The van der Waals surface area contributed by atoms with Crippen LogP contribution in [0.15, 0.2) is 36.1 Å². The van der Waals surface area contributed by atoms with Gasteiger partial charge in [-0.05, 0) is 31.6 Å². The Labute approximate surface area is 82.6 Å². The molecule has 0 aliphatic heterocycles. The first-order chi connectivity index (χ1) is 6.65. The molecule has 0 unspecified atom stereocenters. The number of hydrogen-bond acceptors (Lipinski definition) is 2. The summed E-state index contributed by atoms with van der Waals surface area (Å²) in [6, 6.07) is 7.28. The maximum absolute atomic E-state index is 10.7. The van der Waals surface area contributed by atoms with Gasteiger partial charge in [-0.25, -0.2) is 4.79 Å². The molecule has 0 heterocycles. The molecule has 1 rings (SSSR count). The molecule has 0 saturated heterocycles. The van der Waals surface area contributed by atoms with E-state index in [1.165, 1.54) is 6.08 Å². The molecule has 0 aliphatic rings. The third-order valence-corrected chi connectivity index (χ3v) is 1.79. The second-order valence-corrected chi connectivity index (χ2v) is 2.83. The highest BCUT2D eigenvalue weighted by molar-refractivity contribution is 5.84. The molecular formula is C11H12O3. The van der Waals surface area contributed by atoms with Crippen LogP contribution in [0.2, 0.25) is 0 Å². The minimum absolute atomic E-state index is 0.0562. The van der Waals surface area contributed by atoms with Gasteiger partial charge >= 0.3 is 5.97 Å². The minimum Gasteiger partial charge on any atom is -0.475 e. The van der Waals surface area contributed by atoms with Crippen molar-refractivity contribution >= 4 is 5.97 Å². The molecule has 0 aromatic heterocycles. The van der Waals surface area contributed by atoms with Crippen LogP contribution in [0.25, 0.3) is 0 Å². The van der Waals surface area contributed by atoms with Crippen LogP contribution in [0.4, 0.5) is 0 Å². The van der Waals surface area contributed by atoms with Crippen molar-refractivity contribution in [2.24, 2.45) is 0 Å². The van der Waals surface area contributed by atoms with Gasteiger partial charge in [0.05, 0.1) is 0 Å². The van der Waals surface area contributed by atoms with Gasteiger partial charge in [0.1, 0.15) is 5.75 Å². The van der Waals surface area contributed by atoms with Crippen LogP contribution in [0.3, 0.4) is 0 Å². The number of carbonyl (C=O) groups is 1. The maximum atomic E-state index is 10.7. The summed E-state index contributed by atoms with van der Waals surface area (Å²) >= 11 is 0. The molecule has 74 valence electrons. The third kappa shape index (κ3) is 2.36. The van der Waals surface area contributed by atoms with Gasteiger partial charge in [-0.2, -0.15) is 0 Å². The van der Waals surface area contributed by atoms with E-state index in [1.54, 1.807) is 19.1 Å². The van der Waals surface area contributed by atoms with Crippen molar-refractivity contribution in [3.63, 3.8) is 0 Å². The van der Waals surface area contributed by atoms with Crippen LogP contribution in [0.5, 0.6) is 5.75 Å². The average Bonchev–Trinajstić information content (AvgIpc) is 2.16. The summed E-state index contributed by atoms with van der Waals surface area (Å²) in [6.07, 6.45) is 1.43. The highest BCUT2D eigenvalue weighted by Crippen LogP contribution is 2.18. The van der Waals surface area contributed by atoms with Gasteiger partial charge in [0.15, 0.2) is 0 Å². The number of carboxylic acid groups (broad SMARTS) is 1. The fraction of sp³-hybridized carbons (Fsp3) is 0.182. The van der Waals surface area contributed by atoms with Crippen molar-refractivity contribution in [1.82, 2.24) is 0 Å². The quantitative estimate of drug-likeness (QED) is 0.590. The van der Waals surface area contributed by atoms with Crippen molar-refractivity contribution < 1.29 is 14.6 Å². The molecule has 3 heteroatoms.